The molecule has 0 fully saturated rings. The summed E-state index contributed by atoms with van der Waals surface area (Å²) in [5, 5.41) is 0. The van der Waals surface area contributed by atoms with Gasteiger partial charge >= 0.3 is 0 Å². The normalized spacial score (nSPS) is 11.3. The number of hydrogen-bond donors (Lipinski definition) is 0. The highest BCUT2D eigenvalue weighted by Gasteiger charge is 2.18. The van der Waals surface area contributed by atoms with Crippen molar-refractivity contribution in [3.8, 4) is 22.6 Å². The van der Waals surface area contributed by atoms with E-state index in [2.05, 4.69) is 220 Å². The zero-order valence-electron chi connectivity index (χ0n) is 37.8. The smallest absolute Gasteiger partial charge is 0.118 e. The molecule has 318 valence electrons. The van der Waals surface area contributed by atoms with Crippen LogP contribution in [0.15, 0.2) is 182 Å². The van der Waals surface area contributed by atoms with E-state index in [0.29, 0.717) is 0 Å². The van der Waals surface area contributed by atoms with Crippen molar-refractivity contribution in [3.05, 3.63) is 226 Å². The van der Waals surface area contributed by atoms with Gasteiger partial charge in [0.15, 0.2) is 0 Å². The highest BCUT2D eigenvalue weighted by Crippen LogP contribution is 2.40. The van der Waals surface area contributed by atoms with Gasteiger partial charge in [-0.15, -0.1) is 0 Å². The van der Waals surface area contributed by atoms with Crippen LogP contribution in [0.4, 0.5) is 34.1 Å². The number of methoxy groups -OCH3 is 2. The van der Waals surface area contributed by atoms with E-state index >= 15 is 0 Å². The Labute approximate surface area is 380 Å². The fourth-order valence-corrected chi connectivity index (χ4v) is 8.15. The average Bonchev–Trinajstić information content (AvgIpc) is 3.35. The van der Waals surface area contributed by atoms with E-state index in [1.807, 2.05) is 24.3 Å². The van der Waals surface area contributed by atoms with Gasteiger partial charge < -0.3 is 19.3 Å². The highest BCUT2D eigenvalue weighted by atomic mass is 16.5. The predicted molar refractivity (Wildman–Crippen MR) is 273 cm³/mol. The summed E-state index contributed by atoms with van der Waals surface area (Å²) < 4.78 is 10.7. The monoisotopic (exact) mass is 836 g/mol. The first-order valence-electron chi connectivity index (χ1n) is 22.2. The van der Waals surface area contributed by atoms with Gasteiger partial charge in [0.05, 0.1) is 14.2 Å². The zero-order chi connectivity index (χ0) is 44.4. The fraction of sp³-hybridized carbons (Fsp3) is 0.133. The van der Waals surface area contributed by atoms with Crippen LogP contribution in [-0.2, 0) is 12.8 Å². The van der Waals surface area contributed by atoms with Crippen LogP contribution >= 0.6 is 0 Å². The van der Waals surface area contributed by atoms with Gasteiger partial charge in [-0.2, -0.15) is 0 Å². The van der Waals surface area contributed by atoms with Crippen molar-refractivity contribution in [2.75, 3.05) is 24.0 Å². The lowest BCUT2D eigenvalue weighted by Gasteiger charge is -2.28. The molecule has 0 atom stereocenters. The van der Waals surface area contributed by atoms with Crippen molar-refractivity contribution < 1.29 is 9.47 Å². The second kappa shape index (κ2) is 20.1. The van der Waals surface area contributed by atoms with Crippen LogP contribution in [0.5, 0.6) is 11.5 Å². The molecule has 0 amide bonds. The fourth-order valence-electron chi connectivity index (χ4n) is 8.15. The van der Waals surface area contributed by atoms with Crippen LogP contribution in [0.1, 0.15) is 58.4 Å². The summed E-state index contributed by atoms with van der Waals surface area (Å²) in [6.07, 6.45) is 10.5. The summed E-state index contributed by atoms with van der Waals surface area (Å²) in [5.41, 5.74) is 18.8. The van der Waals surface area contributed by atoms with E-state index in [9.17, 15) is 0 Å². The maximum Gasteiger partial charge on any atom is 0.118 e. The van der Waals surface area contributed by atoms with Crippen molar-refractivity contribution in [2.45, 2.75) is 40.5 Å². The summed E-state index contributed by atoms with van der Waals surface area (Å²) >= 11 is 0. The second-order valence-electron chi connectivity index (χ2n) is 16.1. The average molecular weight is 837 g/mol. The van der Waals surface area contributed by atoms with Crippen LogP contribution in [0, 0.1) is 13.8 Å². The van der Waals surface area contributed by atoms with Gasteiger partial charge in [-0.25, -0.2) is 0 Å². The lowest BCUT2D eigenvalue weighted by atomic mass is 10.0. The van der Waals surface area contributed by atoms with Crippen LogP contribution in [0.25, 0.3) is 35.4 Å². The summed E-state index contributed by atoms with van der Waals surface area (Å²) in [5.74, 6) is 1.71. The number of ether oxygens (including phenoxy) is 2. The lowest BCUT2D eigenvalue weighted by Crippen LogP contribution is -2.12. The molecular formula is C60H56N2O2. The third-order valence-electron chi connectivity index (χ3n) is 11.8. The van der Waals surface area contributed by atoms with E-state index in [1.165, 1.54) is 33.6 Å². The largest absolute Gasteiger partial charge is 0.497 e. The molecule has 0 saturated heterocycles. The molecule has 0 unspecified atom stereocenters. The van der Waals surface area contributed by atoms with Gasteiger partial charge in [-0.3, -0.25) is 0 Å². The van der Waals surface area contributed by atoms with E-state index in [-0.39, 0.29) is 0 Å². The molecule has 0 aliphatic rings. The number of aryl methyl sites for hydroxylation is 4. The minimum absolute atomic E-state index is 0.856. The third kappa shape index (κ3) is 10.0. The summed E-state index contributed by atoms with van der Waals surface area (Å²) in [6, 6.07) is 65.4. The molecule has 0 aliphatic heterocycles. The molecule has 0 radical (unpaired) electrons. The number of hydrogen-bond acceptors (Lipinski definition) is 4. The molecule has 0 N–H and O–H groups in total. The van der Waals surface area contributed by atoms with Crippen molar-refractivity contribution >= 4 is 58.4 Å². The molecular weight excluding hydrogens is 781 g/mol. The molecule has 4 heteroatoms. The Morgan fingerprint density at radius 3 is 1.14 bits per heavy atom. The van der Waals surface area contributed by atoms with Gasteiger partial charge in [0, 0.05) is 34.1 Å². The Hall–Kier alpha value is -7.56. The van der Waals surface area contributed by atoms with Crippen molar-refractivity contribution in [1.82, 2.24) is 0 Å². The number of anilines is 6. The molecule has 4 nitrogen and oxygen atoms in total. The first-order chi connectivity index (χ1) is 31.3. The van der Waals surface area contributed by atoms with Crippen LogP contribution in [-0.4, -0.2) is 14.2 Å². The van der Waals surface area contributed by atoms with Crippen molar-refractivity contribution in [2.24, 2.45) is 0 Å². The van der Waals surface area contributed by atoms with Gasteiger partial charge in [0.1, 0.15) is 11.5 Å². The first kappa shape index (κ1) is 43.1. The second-order valence-corrected chi connectivity index (χ2v) is 16.1. The summed E-state index contributed by atoms with van der Waals surface area (Å²) in [4.78, 5) is 4.75. The van der Waals surface area contributed by atoms with Crippen LogP contribution in [0.2, 0.25) is 0 Å². The Kier molecular flexibility index (Phi) is 13.5. The summed E-state index contributed by atoms with van der Waals surface area (Å²) in [7, 11) is 3.38. The molecule has 0 aromatic heterocycles. The number of benzene rings is 8. The van der Waals surface area contributed by atoms with E-state index in [4.69, 9.17) is 9.47 Å². The zero-order valence-corrected chi connectivity index (χ0v) is 37.8. The Morgan fingerprint density at radius 1 is 0.391 bits per heavy atom. The van der Waals surface area contributed by atoms with E-state index < -0.39 is 0 Å². The molecule has 8 aromatic rings. The third-order valence-corrected chi connectivity index (χ3v) is 11.8. The Bertz CT molecular complexity index is 2840. The minimum Gasteiger partial charge on any atom is -0.497 e. The van der Waals surface area contributed by atoms with Crippen molar-refractivity contribution in [1.29, 1.82) is 0 Å². The lowest BCUT2D eigenvalue weighted by molar-refractivity contribution is 0.414. The molecule has 0 heterocycles. The van der Waals surface area contributed by atoms with Gasteiger partial charge in [0.25, 0.3) is 0 Å². The first-order valence-corrected chi connectivity index (χ1v) is 22.2. The predicted octanol–water partition coefficient (Wildman–Crippen LogP) is 16.4. The molecule has 64 heavy (non-hydrogen) atoms. The van der Waals surface area contributed by atoms with E-state index in [1.54, 1.807) is 14.2 Å². The standard InChI is InChI=1S/C60H56N2O2/c1-7-45-22-40-59(44(4)42-45)61(53-27-14-46(15-28-53)10-12-48-18-35-57(63-5)36-19-48)55-31-23-51(24-32-55)52-25-33-56(34-26-52)62(60-39-9-43(3)41-50(60)8-2)54-29-16-47(17-30-54)11-13-49-20-37-58(64-6)38-21-49/h9-42H,7-8H2,1-6H3/b12-10+,13-11+. The van der Waals surface area contributed by atoms with Gasteiger partial charge in [-0.1, -0.05) is 141 Å². The quantitative estimate of drug-likeness (QED) is 0.0961. The maximum absolute atomic E-state index is 5.33. The topological polar surface area (TPSA) is 24.9 Å². The molecule has 0 spiro atoms. The van der Waals surface area contributed by atoms with Crippen molar-refractivity contribution in [3.63, 3.8) is 0 Å². The number of rotatable bonds is 15. The maximum atomic E-state index is 5.33. The van der Waals surface area contributed by atoms with Gasteiger partial charge in [-0.05, 0) is 162 Å². The van der Waals surface area contributed by atoms with Crippen LogP contribution in [0.3, 0.4) is 0 Å². The Morgan fingerprint density at radius 2 is 0.766 bits per heavy atom. The van der Waals surface area contributed by atoms with Gasteiger partial charge in [0.2, 0.25) is 0 Å². The summed E-state index contributed by atoms with van der Waals surface area (Å²) in [6.45, 7) is 8.82. The Balaban J connectivity index is 1.07. The SMILES string of the molecule is CCc1ccc(N(c2ccc(/C=C/c3ccc(OC)cc3)cc2)c2ccc(-c3ccc(N(c4ccc(/C=C/c5ccc(OC)cc5)cc4)c4ccc(C)cc4CC)cc3)cc2)c(C)c1. The highest BCUT2D eigenvalue weighted by molar-refractivity contribution is 5.83. The molecule has 8 aromatic carbocycles. The van der Waals surface area contributed by atoms with Crippen LogP contribution < -0.4 is 19.3 Å². The molecule has 0 bridgehead atoms. The molecule has 8 rings (SSSR count). The molecule has 0 aliphatic carbocycles. The number of nitrogens with zero attached hydrogens (tertiary/aromatic N) is 2. The minimum atomic E-state index is 0.856. The molecule has 0 saturated carbocycles. The van der Waals surface area contributed by atoms with E-state index in [0.717, 1.165) is 80.5 Å².